The molecule has 1 atom stereocenters. The molecule has 1 aromatic carbocycles. The topological polar surface area (TPSA) is 39.1 Å². The molecule has 0 spiro atoms. The van der Waals surface area contributed by atoms with E-state index in [9.17, 15) is 5.26 Å². The largest absolute Gasteiger partial charge is 0.369 e. The minimum absolute atomic E-state index is 0.562. The standard InChI is InChI=1S/C16H23N3/c1-2-11-19(13-15-8-5-6-10-18-15)16-9-4-3-7-14(16)12-17/h3-4,7,9,15,18H,2,5-6,8,10-11,13H2,1H3. The van der Waals surface area contributed by atoms with Crippen molar-refractivity contribution in [2.75, 3.05) is 24.5 Å². The first-order valence-electron chi connectivity index (χ1n) is 7.32. The Bertz CT molecular complexity index is 430. The number of hydrogen-bond donors (Lipinski definition) is 1. The summed E-state index contributed by atoms with van der Waals surface area (Å²) in [5, 5.41) is 12.8. The van der Waals surface area contributed by atoms with Gasteiger partial charge in [-0.05, 0) is 37.9 Å². The molecule has 3 heteroatoms. The molecule has 2 rings (SSSR count). The minimum atomic E-state index is 0.562. The fourth-order valence-electron chi connectivity index (χ4n) is 2.77. The van der Waals surface area contributed by atoms with Crippen LogP contribution >= 0.6 is 0 Å². The molecular weight excluding hydrogens is 234 g/mol. The number of para-hydroxylation sites is 1. The predicted molar refractivity (Wildman–Crippen MR) is 79.3 cm³/mol. The van der Waals surface area contributed by atoms with Crippen LogP contribution in [0.2, 0.25) is 0 Å². The zero-order chi connectivity index (χ0) is 13.5. The van der Waals surface area contributed by atoms with Gasteiger partial charge in [0.25, 0.3) is 0 Å². The number of anilines is 1. The lowest BCUT2D eigenvalue weighted by Gasteiger charge is -2.32. The highest BCUT2D eigenvalue weighted by Crippen LogP contribution is 2.21. The van der Waals surface area contributed by atoms with Gasteiger partial charge in [0.05, 0.1) is 11.3 Å². The number of piperidine rings is 1. The number of nitrogens with zero attached hydrogens (tertiary/aromatic N) is 2. The number of nitrogens with one attached hydrogen (secondary N) is 1. The Labute approximate surface area is 116 Å². The molecule has 1 N–H and O–H groups in total. The van der Waals surface area contributed by atoms with Crippen LogP contribution in [0.3, 0.4) is 0 Å². The van der Waals surface area contributed by atoms with Crippen molar-refractivity contribution < 1.29 is 0 Å². The Morgan fingerprint density at radius 2 is 2.21 bits per heavy atom. The van der Waals surface area contributed by atoms with E-state index in [0.717, 1.165) is 37.3 Å². The summed E-state index contributed by atoms with van der Waals surface area (Å²) >= 11 is 0. The average Bonchev–Trinajstić information content (AvgIpc) is 2.48. The SMILES string of the molecule is CCCN(CC1CCCCN1)c1ccccc1C#N. The van der Waals surface area contributed by atoms with Crippen molar-refractivity contribution in [3.05, 3.63) is 29.8 Å². The summed E-state index contributed by atoms with van der Waals surface area (Å²) in [5.74, 6) is 0. The fraction of sp³-hybridized carbons (Fsp3) is 0.562. The van der Waals surface area contributed by atoms with Crippen LogP contribution in [0.1, 0.15) is 38.2 Å². The summed E-state index contributed by atoms with van der Waals surface area (Å²) in [5.41, 5.74) is 1.87. The van der Waals surface area contributed by atoms with Crippen molar-refractivity contribution in [2.45, 2.75) is 38.6 Å². The Hall–Kier alpha value is -1.53. The van der Waals surface area contributed by atoms with E-state index in [-0.39, 0.29) is 0 Å². The molecule has 0 radical (unpaired) electrons. The summed E-state index contributed by atoms with van der Waals surface area (Å²) < 4.78 is 0. The highest BCUT2D eigenvalue weighted by Gasteiger charge is 2.18. The molecule has 0 amide bonds. The van der Waals surface area contributed by atoms with Gasteiger partial charge < -0.3 is 10.2 Å². The maximum atomic E-state index is 9.25. The number of benzene rings is 1. The summed E-state index contributed by atoms with van der Waals surface area (Å²) in [4.78, 5) is 2.36. The number of nitriles is 1. The summed E-state index contributed by atoms with van der Waals surface area (Å²) in [6.07, 6.45) is 4.96. The van der Waals surface area contributed by atoms with E-state index in [4.69, 9.17) is 0 Å². The Kier molecular flexibility index (Phi) is 5.23. The lowest BCUT2D eigenvalue weighted by molar-refractivity contribution is 0.399. The third kappa shape index (κ3) is 3.71. The van der Waals surface area contributed by atoms with Gasteiger partial charge in [0.1, 0.15) is 6.07 Å². The van der Waals surface area contributed by atoms with E-state index in [1.165, 1.54) is 19.3 Å². The third-order valence-corrected chi connectivity index (χ3v) is 3.71. The van der Waals surface area contributed by atoms with E-state index in [1.54, 1.807) is 0 Å². The van der Waals surface area contributed by atoms with Gasteiger partial charge >= 0.3 is 0 Å². The smallest absolute Gasteiger partial charge is 0.101 e. The molecule has 1 heterocycles. The molecule has 1 unspecified atom stereocenters. The van der Waals surface area contributed by atoms with Gasteiger partial charge in [0.15, 0.2) is 0 Å². The van der Waals surface area contributed by atoms with Gasteiger partial charge in [0, 0.05) is 19.1 Å². The maximum absolute atomic E-state index is 9.25. The fourth-order valence-corrected chi connectivity index (χ4v) is 2.77. The molecule has 0 aromatic heterocycles. The van der Waals surface area contributed by atoms with Crippen molar-refractivity contribution in [1.82, 2.24) is 5.32 Å². The lowest BCUT2D eigenvalue weighted by atomic mass is 10.0. The highest BCUT2D eigenvalue weighted by molar-refractivity contribution is 5.59. The normalized spacial score (nSPS) is 18.8. The van der Waals surface area contributed by atoms with Gasteiger partial charge in [-0.15, -0.1) is 0 Å². The van der Waals surface area contributed by atoms with Gasteiger partial charge in [-0.2, -0.15) is 5.26 Å². The van der Waals surface area contributed by atoms with Crippen LogP contribution in [-0.2, 0) is 0 Å². The maximum Gasteiger partial charge on any atom is 0.101 e. The molecule has 0 bridgehead atoms. The van der Waals surface area contributed by atoms with Crippen molar-refractivity contribution in [3.63, 3.8) is 0 Å². The van der Waals surface area contributed by atoms with Crippen molar-refractivity contribution in [3.8, 4) is 6.07 Å². The van der Waals surface area contributed by atoms with Crippen LogP contribution in [0.4, 0.5) is 5.69 Å². The van der Waals surface area contributed by atoms with E-state index < -0.39 is 0 Å². The van der Waals surface area contributed by atoms with Gasteiger partial charge in [-0.1, -0.05) is 25.5 Å². The summed E-state index contributed by atoms with van der Waals surface area (Å²) in [6.45, 7) is 5.34. The first kappa shape index (κ1) is 13.9. The number of rotatable bonds is 5. The van der Waals surface area contributed by atoms with Crippen LogP contribution in [-0.4, -0.2) is 25.7 Å². The van der Waals surface area contributed by atoms with Gasteiger partial charge in [0.2, 0.25) is 0 Å². The zero-order valence-corrected chi connectivity index (χ0v) is 11.7. The Morgan fingerprint density at radius 1 is 1.37 bits per heavy atom. The van der Waals surface area contributed by atoms with E-state index in [1.807, 2.05) is 18.2 Å². The molecule has 1 aliphatic heterocycles. The van der Waals surface area contributed by atoms with Crippen LogP contribution in [0.25, 0.3) is 0 Å². The molecule has 102 valence electrons. The quantitative estimate of drug-likeness (QED) is 0.881. The monoisotopic (exact) mass is 257 g/mol. The molecule has 0 aliphatic carbocycles. The lowest BCUT2D eigenvalue weighted by Crippen LogP contribution is -2.44. The molecule has 1 aliphatic rings. The molecule has 1 aromatic rings. The van der Waals surface area contributed by atoms with Crippen LogP contribution in [0.15, 0.2) is 24.3 Å². The van der Waals surface area contributed by atoms with Crippen molar-refractivity contribution >= 4 is 5.69 Å². The third-order valence-electron chi connectivity index (χ3n) is 3.71. The van der Waals surface area contributed by atoms with Gasteiger partial charge in [-0.25, -0.2) is 0 Å². The Balaban J connectivity index is 2.12. The van der Waals surface area contributed by atoms with Crippen LogP contribution < -0.4 is 10.2 Å². The van der Waals surface area contributed by atoms with E-state index in [0.29, 0.717) is 6.04 Å². The second-order valence-electron chi connectivity index (χ2n) is 5.22. The summed E-state index contributed by atoms with van der Waals surface area (Å²) in [7, 11) is 0. The minimum Gasteiger partial charge on any atom is -0.369 e. The molecular formula is C16H23N3. The van der Waals surface area contributed by atoms with E-state index >= 15 is 0 Å². The summed E-state index contributed by atoms with van der Waals surface area (Å²) in [6, 6.07) is 10.8. The zero-order valence-electron chi connectivity index (χ0n) is 11.7. The molecule has 1 saturated heterocycles. The van der Waals surface area contributed by atoms with Crippen LogP contribution in [0, 0.1) is 11.3 Å². The molecule has 0 saturated carbocycles. The van der Waals surface area contributed by atoms with Crippen molar-refractivity contribution in [2.24, 2.45) is 0 Å². The molecule has 3 nitrogen and oxygen atoms in total. The Morgan fingerprint density at radius 3 is 2.89 bits per heavy atom. The average molecular weight is 257 g/mol. The first-order chi connectivity index (χ1) is 9.35. The second-order valence-corrected chi connectivity index (χ2v) is 5.22. The van der Waals surface area contributed by atoms with Crippen LogP contribution in [0.5, 0.6) is 0 Å². The molecule has 1 fully saturated rings. The predicted octanol–water partition coefficient (Wildman–Crippen LogP) is 2.92. The first-order valence-corrected chi connectivity index (χ1v) is 7.32. The number of hydrogen-bond acceptors (Lipinski definition) is 3. The molecule has 19 heavy (non-hydrogen) atoms. The van der Waals surface area contributed by atoms with Gasteiger partial charge in [-0.3, -0.25) is 0 Å². The van der Waals surface area contributed by atoms with Crippen molar-refractivity contribution in [1.29, 1.82) is 5.26 Å². The second kappa shape index (κ2) is 7.16. The highest BCUT2D eigenvalue weighted by atomic mass is 15.2. The van der Waals surface area contributed by atoms with E-state index in [2.05, 4.69) is 29.3 Å².